The number of aliphatic hydroxyl groups is 1. The minimum atomic E-state index is -0.484. The zero-order chi connectivity index (χ0) is 16.7. The molecule has 0 spiro atoms. The molecule has 3 unspecified atom stereocenters. The highest BCUT2D eigenvalue weighted by atomic mass is 16.3. The van der Waals surface area contributed by atoms with Crippen molar-refractivity contribution < 1.29 is 14.7 Å². The Morgan fingerprint density at radius 3 is 2.57 bits per heavy atom. The molecule has 5 heteroatoms. The second-order valence-electron chi connectivity index (χ2n) is 7.01. The van der Waals surface area contributed by atoms with Gasteiger partial charge in [0, 0.05) is 24.7 Å². The standard InChI is InChI=1S/C18H24N2O3/c1-11(2)16(18(23)19-10-14(21)8-12(19)3)20-9-13-6-4-5-7-15(13)17(20)22/h4-7,11-12,14,16,21H,8-10H2,1-3H3. The summed E-state index contributed by atoms with van der Waals surface area (Å²) in [6, 6.07) is 7.06. The average Bonchev–Trinajstić information content (AvgIpc) is 3.00. The van der Waals surface area contributed by atoms with Gasteiger partial charge in [0.1, 0.15) is 6.04 Å². The Hall–Kier alpha value is -1.88. The van der Waals surface area contributed by atoms with Gasteiger partial charge in [-0.05, 0) is 30.9 Å². The zero-order valence-electron chi connectivity index (χ0n) is 13.9. The number of hydrogen-bond donors (Lipinski definition) is 1. The minimum Gasteiger partial charge on any atom is -0.391 e. The first kappa shape index (κ1) is 16.0. The number of amides is 2. The molecule has 1 fully saturated rings. The van der Waals surface area contributed by atoms with Crippen molar-refractivity contribution in [1.82, 2.24) is 9.80 Å². The first-order chi connectivity index (χ1) is 10.9. The first-order valence-electron chi connectivity index (χ1n) is 8.27. The van der Waals surface area contributed by atoms with Gasteiger partial charge in [-0.15, -0.1) is 0 Å². The number of carbonyl (C=O) groups excluding carboxylic acids is 2. The van der Waals surface area contributed by atoms with Crippen LogP contribution in [0.4, 0.5) is 0 Å². The van der Waals surface area contributed by atoms with Crippen LogP contribution in [0.2, 0.25) is 0 Å². The van der Waals surface area contributed by atoms with Gasteiger partial charge in [-0.2, -0.15) is 0 Å². The molecule has 1 N–H and O–H groups in total. The van der Waals surface area contributed by atoms with Crippen LogP contribution in [0.5, 0.6) is 0 Å². The monoisotopic (exact) mass is 316 g/mol. The quantitative estimate of drug-likeness (QED) is 0.922. The molecule has 0 bridgehead atoms. The fourth-order valence-corrected chi connectivity index (χ4v) is 3.76. The van der Waals surface area contributed by atoms with Crippen LogP contribution in [0.25, 0.3) is 0 Å². The van der Waals surface area contributed by atoms with E-state index in [1.165, 1.54) is 0 Å². The number of hydrogen-bond acceptors (Lipinski definition) is 3. The SMILES string of the molecule is CC(C)C(C(=O)N1CC(O)CC1C)N1Cc2ccccc2C1=O. The van der Waals surface area contributed by atoms with E-state index in [0.717, 1.165) is 5.56 Å². The molecule has 3 atom stereocenters. The van der Waals surface area contributed by atoms with Crippen molar-refractivity contribution in [3.8, 4) is 0 Å². The number of aliphatic hydroxyl groups excluding tert-OH is 1. The number of fused-ring (bicyclic) bond motifs is 1. The molecular weight excluding hydrogens is 292 g/mol. The van der Waals surface area contributed by atoms with Crippen LogP contribution in [0.1, 0.15) is 43.1 Å². The summed E-state index contributed by atoms with van der Waals surface area (Å²) < 4.78 is 0. The fraction of sp³-hybridized carbons (Fsp3) is 0.556. The van der Waals surface area contributed by atoms with Gasteiger partial charge in [0.2, 0.25) is 5.91 Å². The molecule has 0 aliphatic carbocycles. The van der Waals surface area contributed by atoms with E-state index in [2.05, 4.69) is 0 Å². The molecule has 0 radical (unpaired) electrons. The summed E-state index contributed by atoms with van der Waals surface area (Å²) in [5, 5.41) is 9.82. The summed E-state index contributed by atoms with van der Waals surface area (Å²) in [6.07, 6.45) is 0.137. The minimum absolute atomic E-state index is 0.0128. The molecule has 124 valence electrons. The number of carbonyl (C=O) groups is 2. The molecule has 0 aromatic heterocycles. The van der Waals surface area contributed by atoms with Gasteiger partial charge >= 0.3 is 0 Å². The summed E-state index contributed by atoms with van der Waals surface area (Å²) in [7, 11) is 0. The molecule has 2 amide bonds. The molecule has 2 heterocycles. The maximum Gasteiger partial charge on any atom is 0.255 e. The number of likely N-dealkylation sites (tertiary alicyclic amines) is 1. The third kappa shape index (κ3) is 2.74. The molecule has 1 aromatic rings. The Kier molecular flexibility index (Phi) is 4.15. The third-order valence-electron chi connectivity index (χ3n) is 4.91. The molecule has 23 heavy (non-hydrogen) atoms. The van der Waals surface area contributed by atoms with Crippen molar-refractivity contribution in [2.75, 3.05) is 6.54 Å². The summed E-state index contributed by atoms with van der Waals surface area (Å²) in [6.45, 7) is 6.73. The van der Waals surface area contributed by atoms with Crippen LogP contribution < -0.4 is 0 Å². The predicted octanol–water partition coefficient (Wildman–Crippen LogP) is 1.65. The molecule has 1 aromatic carbocycles. The Morgan fingerprint density at radius 2 is 2.00 bits per heavy atom. The lowest BCUT2D eigenvalue weighted by Gasteiger charge is -2.34. The molecule has 0 saturated carbocycles. The smallest absolute Gasteiger partial charge is 0.255 e. The highest BCUT2D eigenvalue weighted by Gasteiger charge is 2.42. The van der Waals surface area contributed by atoms with Crippen LogP contribution in [0, 0.1) is 5.92 Å². The van der Waals surface area contributed by atoms with E-state index in [1.807, 2.05) is 45.0 Å². The molecular formula is C18H24N2O3. The van der Waals surface area contributed by atoms with E-state index in [0.29, 0.717) is 25.1 Å². The van der Waals surface area contributed by atoms with Gasteiger partial charge in [-0.3, -0.25) is 9.59 Å². The van der Waals surface area contributed by atoms with Crippen molar-refractivity contribution in [1.29, 1.82) is 0 Å². The van der Waals surface area contributed by atoms with E-state index in [4.69, 9.17) is 0 Å². The van der Waals surface area contributed by atoms with Gasteiger partial charge in [0.05, 0.1) is 6.10 Å². The van der Waals surface area contributed by atoms with Crippen molar-refractivity contribution in [2.24, 2.45) is 5.92 Å². The maximum atomic E-state index is 13.0. The lowest BCUT2D eigenvalue weighted by Crippen LogP contribution is -2.52. The maximum absolute atomic E-state index is 13.0. The number of benzene rings is 1. The number of β-amino-alcohol motifs (C(OH)–C–C–N with tert-alkyl or cyclic N) is 1. The van der Waals surface area contributed by atoms with Crippen LogP contribution in [-0.4, -0.2) is 51.5 Å². The zero-order valence-corrected chi connectivity index (χ0v) is 13.9. The van der Waals surface area contributed by atoms with Crippen LogP contribution >= 0.6 is 0 Å². The van der Waals surface area contributed by atoms with Gasteiger partial charge in [-0.25, -0.2) is 0 Å². The van der Waals surface area contributed by atoms with Crippen LogP contribution in [0.3, 0.4) is 0 Å². The number of nitrogens with zero attached hydrogens (tertiary/aromatic N) is 2. The largest absolute Gasteiger partial charge is 0.391 e. The van der Waals surface area contributed by atoms with Crippen molar-refractivity contribution >= 4 is 11.8 Å². The average molecular weight is 316 g/mol. The summed E-state index contributed by atoms with van der Waals surface area (Å²) in [4.78, 5) is 29.2. The first-order valence-corrected chi connectivity index (χ1v) is 8.27. The van der Waals surface area contributed by atoms with Crippen LogP contribution in [0.15, 0.2) is 24.3 Å². The third-order valence-corrected chi connectivity index (χ3v) is 4.91. The Labute approximate surface area is 136 Å². The Balaban J connectivity index is 1.86. The van der Waals surface area contributed by atoms with E-state index in [1.54, 1.807) is 9.80 Å². The lowest BCUT2D eigenvalue weighted by molar-refractivity contribution is -0.138. The van der Waals surface area contributed by atoms with Crippen LogP contribution in [-0.2, 0) is 11.3 Å². The van der Waals surface area contributed by atoms with E-state index >= 15 is 0 Å². The van der Waals surface area contributed by atoms with Crippen molar-refractivity contribution in [3.05, 3.63) is 35.4 Å². The molecule has 1 saturated heterocycles. The van der Waals surface area contributed by atoms with Gasteiger partial charge in [-0.1, -0.05) is 32.0 Å². The van der Waals surface area contributed by atoms with Crippen molar-refractivity contribution in [2.45, 2.75) is 51.9 Å². The lowest BCUT2D eigenvalue weighted by atomic mass is 10.0. The second-order valence-corrected chi connectivity index (χ2v) is 7.01. The van der Waals surface area contributed by atoms with E-state index in [-0.39, 0.29) is 23.8 Å². The predicted molar refractivity (Wildman–Crippen MR) is 86.7 cm³/mol. The number of rotatable bonds is 3. The Morgan fingerprint density at radius 1 is 1.30 bits per heavy atom. The van der Waals surface area contributed by atoms with Gasteiger partial charge < -0.3 is 14.9 Å². The topological polar surface area (TPSA) is 60.9 Å². The normalized spacial score (nSPS) is 25.2. The second kappa shape index (κ2) is 5.96. The summed E-state index contributed by atoms with van der Waals surface area (Å²) in [5.41, 5.74) is 1.67. The molecule has 3 rings (SSSR count). The van der Waals surface area contributed by atoms with Crippen molar-refractivity contribution in [3.63, 3.8) is 0 Å². The van der Waals surface area contributed by atoms with E-state index < -0.39 is 12.1 Å². The van der Waals surface area contributed by atoms with Gasteiger partial charge in [0.15, 0.2) is 0 Å². The molecule has 2 aliphatic heterocycles. The fourth-order valence-electron chi connectivity index (χ4n) is 3.76. The highest BCUT2D eigenvalue weighted by Crippen LogP contribution is 2.29. The summed E-state index contributed by atoms with van der Waals surface area (Å²) in [5.74, 6) is -0.101. The molecule has 5 nitrogen and oxygen atoms in total. The highest BCUT2D eigenvalue weighted by molar-refractivity contribution is 6.01. The molecule has 2 aliphatic rings. The summed E-state index contributed by atoms with van der Waals surface area (Å²) >= 11 is 0. The van der Waals surface area contributed by atoms with Gasteiger partial charge in [0.25, 0.3) is 5.91 Å². The van der Waals surface area contributed by atoms with E-state index in [9.17, 15) is 14.7 Å². The Bertz CT molecular complexity index is 628.